The standard InChI is InChI=1S/C22H20N2O4S/c1-3-28-18-9-7-17(8-10-18)23-22(25)16-6-13-21(20(14-16)24(26)27)29-19-11-4-15(2)5-12-19/h4-14H,3H2,1-2H3,(H,23,25). The van der Waals surface area contributed by atoms with E-state index in [1.807, 2.05) is 38.1 Å². The van der Waals surface area contributed by atoms with Gasteiger partial charge in [-0.1, -0.05) is 29.5 Å². The van der Waals surface area contributed by atoms with Gasteiger partial charge in [-0.2, -0.15) is 0 Å². The fourth-order valence-corrected chi connectivity index (χ4v) is 3.53. The molecule has 29 heavy (non-hydrogen) atoms. The minimum Gasteiger partial charge on any atom is -0.494 e. The average Bonchev–Trinajstić information content (AvgIpc) is 2.71. The first-order valence-corrected chi connectivity index (χ1v) is 9.85. The van der Waals surface area contributed by atoms with E-state index in [0.29, 0.717) is 22.9 Å². The van der Waals surface area contributed by atoms with Crippen LogP contribution in [-0.4, -0.2) is 17.4 Å². The van der Waals surface area contributed by atoms with E-state index in [0.717, 1.165) is 10.5 Å². The molecule has 1 N–H and O–H groups in total. The number of hydrogen-bond donors (Lipinski definition) is 1. The number of hydrogen-bond acceptors (Lipinski definition) is 5. The molecule has 0 spiro atoms. The third-order valence-corrected chi connectivity index (χ3v) is 5.16. The van der Waals surface area contributed by atoms with Crippen LogP contribution >= 0.6 is 11.8 Å². The first kappa shape index (κ1) is 20.4. The van der Waals surface area contributed by atoms with Gasteiger partial charge in [-0.15, -0.1) is 0 Å². The van der Waals surface area contributed by atoms with Crippen LogP contribution in [-0.2, 0) is 0 Å². The number of amides is 1. The Kier molecular flexibility index (Phi) is 6.51. The fourth-order valence-electron chi connectivity index (χ4n) is 2.63. The van der Waals surface area contributed by atoms with Gasteiger partial charge < -0.3 is 10.1 Å². The van der Waals surface area contributed by atoms with Crippen molar-refractivity contribution in [2.24, 2.45) is 0 Å². The number of ether oxygens (including phenoxy) is 1. The number of nitrogens with one attached hydrogen (secondary N) is 1. The molecule has 3 aromatic rings. The van der Waals surface area contributed by atoms with Gasteiger partial charge in [0.2, 0.25) is 0 Å². The van der Waals surface area contributed by atoms with Crippen LogP contribution in [0.3, 0.4) is 0 Å². The first-order chi connectivity index (χ1) is 14.0. The highest BCUT2D eigenvalue weighted by atomic mass is 32.2. The molecule has 1 amide bonds. The smallest absolute Gasteiger partial charge is 0.284 e. The van der Waals surface area contributed by atoms with Crippen molar-refractivity contribution in [2.45, 2.75) is 23.6 Å². The van der Waals surface area contributed by atoms with E-state index in [4.69, 9.17) is 4.74 Å². The van der Waals surface area contributed by atoms with Crippen molar-refractivity contribution < 1.29 is 14.5 Å². The van der Waals surface area contributed by atoms with Crippen molar-refractivity contribution in [1.29, 1.82) is 0 Å². The fraction of sp³-hybridized carbons (Fsp3) is 0.136. The normalized spacial score (nSPS) is 10.4. The van der Waals surface area contributed by atoms with Gasteiger partial charge in [-0.3, -0.25) is 14.9 Å². The minimum absolute atomic E-state index is 0.102. The number of nitro groups is 1. The molecule has 0 saturated carbocycles. The summed E-state index contributed by atoms with van der Waals surface area (Å²) in [5, 5.41) is 14.3. The largest absolute Gasteiger partial charge is 0.494 e. The summed E-state index contributed by atoms with van der Waals surface area (Å²) in [6, 6.07) is 19.2. The van der Waals surface area contributed by atoms with Gasteiger partial charge in [0.05, 0.1) is 16.4 Å². The third kappa shape index (κ3) is 5.36. The number of benzene rings is 3. The van der Waals surface area contributed by atoms with Crippen molar-refractivity contribution in [1.82, 2.24) is 0 Å². The number of carbonyl (C=O) groups is 1. The molecule has 0 saturated heterocycles. The monoisotopic (exact) mass is 408 g/mol. The Morgan fingerprint density at radius 3 is 2.38 bits per heavy atom. The Balaban J connectivity index is 1.78. The zero-order valence-corrected chi connectivity index (χ0v) is 16.9. The highest BCUT2D eigenvalue weighted by Crippen LogP contribution is 2.35. The Bertz CT molecular complexity index is 1020. The molecule has 148 valence electrons. The maximum atomic E-state index is 12.5. The van der Waals surface area contributed by atoms with Crippen LogP contribution in [0.15, 0.2) is 76.5 Å². The van der Waals surface area contributed by atoms with Gasteiger partial charge in [-0.25, -0.2) is 0 Å². The van der Waals surface area contributed by atoms with Crippen LogP contribution < -0.4 is 10.1 Å². The molecule has 3 rings (SSSR count). The molecule has 0 aromatic heterocycles. The molecule has 0 heterocycles. The molecule has 0 aliphatic heterocycles. The third-order valence-electron chi connectivity index (χ3n) is 4.09. The van der Waals surface area contributed by atoms with E-state index in [1.54, 1.807) is 36.4 Å². The Hall–Kier alpha value is -3.32. The molecule has 6 nitrogen and oxygen atoms in total. The highest BCUT2D eigenvalue weighted by Gasteiger charge is 2.18. The van der Waals surface area contributed by atoms with Gasteiger partial charge in [-0.05, 0) is 62.4 Å². The number of anilines is 1. The molecule has 0 unspecified atom stereocenters. The summed E-state index contributed by atoms with van der Waals surface area (Å²) < 4.78 is 5.37. The molecule has 0 aliphatic carbocycles. The van der Waals surface area contributed by atoms with E-state index in [2.05, 4.69) is 5.32 Å². The van der Waals surface area contributed by atoms with Crippen molar-refractivity contribution in [3.8, 4) is 5.75 Å². The lowest BCUT2D eigenvalue weighted by molar-refractivity contribution is -0.387. The van der Waals surface area contributed by atoms with E-state index in [1.165, 1.54) is 17.8 Å². The maximum absolute atomic E-state index is 12.5. The van der Waals surface area contributed by atoms with Gasteiger partial charge in [0.15, 0.2) is 0 Å². The predicted molar refractivity (Wildman–Crippen MR) is 114 cm³/mol. The number of rotatable bonds is 7. The van der Waals surface area contributed by atoms with Gasteiger partial charge in [0.25, 0.3) is 11.6 Å². The van der Waals surface area contributed by atoms with Gasteiger partial charge in [0.1, 0.15) is 5.75 Å². The predicted octanol–water partition coefficient (Wildman–Crippen LogP) is 5.71. The molecule has 0 aliphatic rings. The quantitative estimate of drug-likeness (QED) is 0.400. The van der Waals surface area contributed by atoms with Crippen LogP contribution in [0.25, 0.3) is 0 Å². The summed E-state index contributed by atoms with van der Waals surface area (Å²) in [7, 11) is 0. The summed E-state index contributed by atoms with van der Waals surface area (Å²) in [6.45, 7) is 4.43. The van der Waals surface area contributed by atoms with Crippen molar-refractivity contribution in [2.75, 3.05) is 11.9 Å². The summed E-state index contributed by atoms with van der Waals surface area (Å²) in [5.41, 5.74) is 1.82. The molecule has 0 radical (unpaired) electrons. The molecule has 0 fully saturated rings. The minimum atomic E-state index is -0.468. The van der Waals surface area contributed by atoms with Crippen LogP contribution in [0, 0.1) is 17.0 Å². The Labute approximate surface area is 173 Å². The molecule has 0 atom stereocenters. The van der Waals surface area contributed by atoms with Crippen LogP contribution in [0.4, 0.5) is 11.4 Å². The summed E-state index contributed by atoms with van der Waals surface area (Å²) in [5.74, 6) is 0.294. The lowest BCUT2D eigenvalue weighted by Gasteiger charge is -2.09. The molecular formula is C22H20N2O4S. The van der Waals surface area contributed by atoms with Crippen LogP contribution in [0.2, 0.25) is 0 Å². The average molecular weight is 408 g/mol. The SMILES string of the molecule is CCOc1ccc(NC(=O)c2ccc(Sc3ccc(C)cc3)c([N+](=O)[O-])c2)cc1. The zero-order chi connectivity index (χ0) is 20.8. The van der Waals surface area contributed by atoms with E-state index < -0.39 is 10.8 Å². The van der Waals surface area contributed by atoms with Crippen LogP contribution in [0.5, 0.6) is 5.75 Å². The van der Waals surface area contributed by atoms with Crippen LogP contribution in [0.1, 0.15) is 22.8 Å². The maximum Gasteiger partial charge on any atom is 0.284 e. The topological polar surface area (TPSA) is 81.5 Å². The number of nitro benzene ring substituents is 1. The summed E-state index contributed by atoms with van der Waals surface area (Å²) in [6.07, 6.45) is 0. The second-order valence-corrected chi connectivity index (χ2v) is 7.38. The summed E-state index contributed by atoms with van der Waals surface area (Å²) in [4.78, 5) is 25.0. The lowest BCUT2D eigenvalue weighted by atomic mass is 10.2. The second kappa shape index (κ2) is 9.25. The summed E-state index contributed by atoms with van der Waals surface area (Å²) >= 11 is 1.29. The van der Waals surface area contributed by atoms with Crippen molar-refractivity contribution in [3.63, 3.8) is 0 Å². The Morgan fingerprint density at radius 1 is 1.07 bits per heavy atom. The lowest BCUT2D eigenvalue weighted by Crippen LogP contribution is -2.12. The zero-order valence-electron chi connectivity index (χ0n) is 16.0. The molecular weight excluding hydrogens is 388 g/mol. The van der Waals surface area contributed by atoms with Crippen molar-refractivity contribution in [3.05, 3.63) is 88.0 Å². The highest BCUT2D eigenvalue weighted by molar-refractivity contribution is 7.99. The second-order valence-electron chi connectivity index (χ2n) is 6.27. The molecule has 3 aromatic carbocycles. The van der Waals surface area contributed by atoms with E-state index >= 15 is 0 Å². The number of aryl methyl sites for hydroxylation is 1. The Morgan fingerprint density at radius 2 is 1.76 bits per heavy atom. The number of nitrogens with zero attached hydrogens (tertiary/aromatic N) is 1. The van der Waals surface area contributed by atoms with E-state index in [-0.39, 0.29) is 11.3 Å². The first-order valence-electron chi connectivity index (χ1n) is 9.03. The van der Waals surface area contributed by atoms with Crippen molar-refractivity contribution >= 4 is 29.0 Å². The van der Waals surface area contributed by atoms with Gasteiger partial charge in [0, 0.05) is 22.2 Å². The van der Waals surface area contributed by atoms with E-state index in [9.17, 15) is 14.9 Å². The van der Waals surface area contributed by atoms with Gasteiger partial charge >= 0.3 is 0 Å². The molecule has 7 heteroatoms. The number of carbonyl (C=O) groups excluding carboxylic acids is 1. The molecule has 0 bridgehead atoms.